The van der Waals surface area contributed by atoms with Crippen molar-refractivity contribution in [3.05, 3.63) is 283 Å². The van der Waals surface area contributed by atoms with E-state index in [0.29, 0.717) is 0 Å². The molecule has 1 heteroatoms. The fourth-order valence-electron chi connectivity index (χ4n) is 12.4. The molecule has 0 radical (unpaired) electrons. The number of nitrogens with zero attached hydrogens (tertiary/aromatic N) is 1. The van der Waals surface area contributed by atoms with Crippen molar-refractivity contribution >= 4 is 17.1 Å². The van der Waals surface area contributed by atoms with E-state index in [-0.39, 0.29) is 10.8 Å². The van der Waals surface area contributed by atoms with Crippen LogP contribution in [0.3, 0.4) is 0 Å². The van der Waals surface area contributed by atoms with E-state index in [4.69, 9.17) is 0 Å². The monoisotopic (exact) mass is 933 g/mol. The molecule has 2 aliphatic rings. The van der Waals surface area contributed by atoms with Gasteiger partial charge >= 0.3 is 0 Å². The van der Waals surface area contributed by atoms with Crippen LogP contribution in [-0.4, -0.2) is 0 Å². The highest BCUT2D eigenvalue weighted by molar-refractivity contribution is 5.98. The lowest BCUT2D eigenvalue weighted by atomic mass is 9.78. The zero-order valence-electron chi connectivity index (χ0n) is 41.8. The van der Waals surface area contributed by atoms with Gasteiger partial charge < -0.3 is 4.90 Å². The molecule has 0 amide bonds. The summed E-state index contributed by atoms with van der Waals surface area (Å²) >= 11 is 0. The van der Waals surface area contributed by atoms with Gasteiger partial charge in [0.05, 0.1) is 5.69 Å². The standard InChI is InChI=1S/C72H55N/c1-71(2)66-34-17-14-29-60(66)62-46-41-51(47-68(62)71)48-37-42-52(43-38-48)73(69-36-19-16-31-63(69)59-28-13-12-27-58(59)56-25-10-8-23-54(56)49-21-6-5-7-22-49)53-44-39-50(40-45-53)55-24-9-11-26-57(55)64-32-20-33-65-61-30-15-18-35-67(61)72(3,4)70(64)65/h5-47H,1-4H3. The Morgan fingerprint density at radius 3 is 1.21 bits per heavy atom. The summed E-state index contributed by atoms with van der Waals surface area (Å²) < 4.78 is 0. The Kier molecular flexibility index (Phi) is 10.6. The van der Waals surface area contributed by atoms with Crippen molar-refractivity contribution in [2.75, 3.05) is 4.90 Å². The van der Waals surface area contributed by atoms with Gasteiger partial charge in [0, 0.05) is 27.8 Å². The van der Waals surface area contributed by atoms with Crippen LogP contribution in [0.1, 0.15) is 49.9 Å². The van der Waals surface area contributed by atoms with Gasteiger partial charge in [-0.05, 0) is 142 Å². The fraction of sp³-hybridized carbons (Fsp3) is 0.0833. The van der Waals surface area contributed by atoms with Crippen LogP contribution in [0.25, 0.3) is 89.0 Å². The van der Waals surface area contributed by atoms with Gasteiger partial charge in [-0.2, -0.15) is 0 Å². The zero-order chi connectivity index (χ0) is 49.3. The molecule has 0 N–H and O–H groups in total. The lowest BCUT2D eigenvalue weighted by Crippen LogP contribution is -2.16. The quantitative estimate of drug-likeness (QED) is 0.139. The third-order valence-electron chi connectivity index (χ3n) is 15.9. The maximum Gasteiger partial charge on any atom is 0.0540 e. The van der Waals surface area contributed by atoms with Crippen LogP contribution in [-0.2, 0) is 10.8 Å². The predicted molar refractivity (Wildman–Crippen MR) is 309 cm³/mol. The minimum Gasteiger partial charge on any atom is -0.310 e. The second kappa shape index (κ2) is 17.5. The minimum absolute atomic E-state index is 0.0729. The molecule has 0 fully saturated rings. The third-order valence-corrected chi connectivity index (χ3v) is 15.9. The Morgan fingerprint density at radius 1 is 0.233 bits per heavy atom. The number of hydrogen-bond acceptors (Lipinski definition) is 1. The summed E-state index contributed by atoms with van der Waals surface area (Å²) in [6.07, 6.45) is 0. The first-order valence-electron chi connectivity index (χ1n) is 25.7. The number of benzene rings is 11. The summed E-state index contributed by atoms with van der Waals surface area (Å²) in [5.41, 5.74) is 28.5. The van der Waals surface area contributed by atoms with E-state index in [9.17, 15) is 0 Å². The first kappa shape index (κ1) is 44.2. The van der Waals surface area contributed by atoms with Gasteiger partial charge in [0.15, 0.2) is 0 Å². The lowest BCUT2D eigenvalue weighted by Gasteiger charge is -2.29. The molecule has 348 valence electrons. The van der Waals surface area contributed by atoms with Gasteiger partial charge in [-0.15, -0.1) is 0 Å². The van der Waals surface area contributed by atoms with Crippen LogP contribution in [0.4, 0.5) is 17.1 Å². The second-order valence-corrected chi connectivity index (χ2v) is 20.8. The molecule has 13 rings (SSSR count). The Labute approximate surface area is 430 Å². The van der Waals surface area contributed by atoms with Gasteiger partial charge in [-0.25, -0.2) is 0 Å². The van der Waals surface area contributed by atoms with E-state index in [1.807, 2.05) is 0 Å². The molecule has 0 aromatic heterocycles. The smallest absolute Gasteiger partial charge is 0.0540 e. The minimum atomic E-state index is -0.131. The molecule has 0 spiro atoms. The van der Waals surface area contributed by atoms with E-state index in [1.54, 1.807) is 0 Å². The van der Waals surface area contributed by atoms with Crippen LogP contribution in [0.15, 0.2) is 261 Å². The number of para-hydroxylation sites is 1. The van der Waals surface area contributed by atoms with Gasteiger partial charge in [-0.3, -0.25) is 0 Å². The predicted octanol–water partition coefficient (Wildman–Crippen LogP) is 19.8. The highest BCUT2D eigenvalue weighted by Crippen LogP contribution is 2.54. The maximum atomic E-state index is 2.45. The van der Waals surface area contributed by atoms with Crippen molar-refractivity contribution in [2.45, 2.75) is 38.5 Å². The summed E-state index contributed by atoms with van der Waals surface area (Å²) in [6.45, 7) is 9.47. The van der Waals surface area contributed by atoms with Gasteiger partial charge in [-0.1, -0.05) is 252 Å². The lowest BCUT2D eigenvalue weighted by molar-refractivity contribution is 0.660. The van der Waals surface area contributed by atoms with Crippen molar-refractivity contribution < 1.29 is 0 Å². The molecule has 11 aromatic rings. The Morgan fingerprint density at radius 2 is 0.603 bits per heavy atom. The normalized spacial score (nSPS) is 13.4. The molecule has 0 unspecified atom stereocenters. The average molecular weight is 934 g/mol. The zero-order valence-corrected chi connectivity index (χ0v) is 41.8. The molecular formula is C72H55N. The van der Waals surface area contributed by atoms with Gasteiger partial charge in [0.25, 0.3) is 0 Å². The van der Waals surface area contributed by atoms with E-state index >= 15 is 0 Å². The number of anilines is 3. The fourth-order valence-corrected chi connectivity index (χ4v) is 12.4. The summed E-state index contributed by atoms with van der Waals surface area (Å²) in [7, 11) is 0. The molecular weight excluding hydrogens is 879 g/mol. The molecule has 11 aromatic carbocycles. The van der Waals surface area contributed by atoms with Crippen molar-refractivity contribution in [1.29, 1.82) is 0 Å². The number of fused-ring (bicyclic) bond motifs is 6. The summed E-state index contributed by atoms with van der Waals surface area (Å²) in [6, 6.07) is 96.4. The molecule has 0 aliphatic heterocycles. The highest BCUT2D eigenvalue weighted by atomic mass is 15.1. The van der Waals surface area contributed by atoms with Crippen molar-refractivity contribution in [3.8, 4) is 89.0 Å². The molecule has 0 atom stereocenters. The Hall–Kier alpha value is -8.78. The van der Waals surface area contributed by atoms with Crippen molar-refractivity contribution in [2.24, 2.45) is 0 Å². The van der Waals surface area contributed by atoms with E-state index in [1.165, 1.54) is 106 Å². The molecule has 2 aliphatic carbocycles. The average Bonchev–Trinajstić information content (AvgIpc) is 3.83. The molecule has 0 heterocycles. The largest absolute Gasteiger partial charge is 0.310 e. The van der Waals surface area contributed by atoms with Crippen LogP contribution in [0.5, 0.6) is 0 Å². The molecule has 73 heavy (non-hydrogen) atoms. The van der Waals surface area contributed by atoms with Crippen LogP contribution in [0.2, 0.25) is 0 Å². The highest BCUT2D eigenvalue weighted by Gasteiger charge is 2.38. The van der Waals surface area contributed by atoms with Gasteiger partial charge in [0.2, 0.25) is 0 Å². The molecule has 0 saturated carbocycles. The van der Waals surface area contributed by atoms with E-state index in [2.05, 4.69) is 293 Å². The topological polar surface area (TPSA) is 3.24 Å². The molecule has 0 saturated heterocycles. The van der Waals surface area contributed by atoms with E-state index < -0.39 is 0 Å². The maximum absolute atomic E-state index is 2.45. The van der Waals surface area contributed by atoms with Crippen LogP contribution in [0, 0.1) is 0 Å². The Bertz CT molecular complexity index is 3890. The SMILES string of the molecule is CC1(C)c2ccccc2-c2ccc(-c3ccc(N(c4ccc(-c5ccccc5-c5cccc6c5C(C)(C)c5ccccc5-6)cc4)c4ccccc4-c4ccccc4-c4ccccc4-c4ccccc4)cc3)cc21. The number of rotatable bonds is 9. The molecule has 0 bridgehead atoms. The number of hydrogen-bond donors (Lipinski definition) is 0. The van der Waals surface area contributed by atoms with Crippen LogP contribution >= 0.6 is 0 Å². The summed E-state index contributed by atoms with van der Waals surface area (Å²) in [4.78, 5) is 2.45. The summed E-state index contributed by atoms with van der Waals surface area (Å²) in [5, 5.41) is 0. The third kappa shape index (κ3) is 7.30. The van der Waals surface area contributed by atoms with Gasteiger partial charge in [0.1, 0.15) is 0 Å². The van der Waals surface area contributed by atoms with E-state index in [0.717, 1.165) is 22.6 Å². The van der Waals surface area contributed by atoms with Crippen LogP contribution < -0.4 is 4.90 Å². The first-order chi connectivity index (χ1) is 35.8. The first-order valence-corrected chi connectivity index (χ1v) is 25.7. The Balaban J connectivity index is 0.936. The van der Waals surface area contributed by atoms with Crippen molar-refractivity contribution in [3.63, 3.8) is 0 Å². The molecule has 1 nitrogen and oxygen atoms in total. The summed E-state index contributed by atoms with van der Waals surface area (Å²) in [5.74, 6) is 0. The van der Waals surface area contributed by atoms with Crippen molar-refractivity contribution in [1.82, 2.24) is 0 Å². The second-order valence-electron chi connectivity index (χ2n) is 20.8.